The lowest BCUT2D eigenvalue weighted by Gasteiger charge is -2.06. The molecule has 0 aliphatic rings. The maximum Gasteiger partial charge on any atom is 0.337 e. The van der Waals surface area contributed by atoms with E-state index in [0.717, 1.165) is 5.56 Å². The minimum atomic E-state index is -0.401. The summed E-state index contributed by atoms with van der Waals surface area (Å²) in [5.74, 6) is -0.564. The highest BCUT2D eigenvalue weighted by Gasteiger charge is 2.10. The Morgan fingerprint density at radius 2 is 2.00 bits per heavy atom. The van der Waals surface area contributed by atoms with Crippen molar-refractivity contribution in [2.45, 2.75) is 6.92 Å². The normalized spacial score (nSPS) is 9.53. The minimum Gasteiger partial charge on any atom is -0.465 e. The summed E-state index contributed by atoms with van der Waals surface area (Å²) in [7, 11) is 2.89. The van der Waals surface area contributed by atoms with Gasteiger partial charge in [0.15, 0.2) is 0 Å². The standard InChI is InChI=1S/C11H13NO3/c1-7-6-8(11(14)15-3)4-5-9(7)10(13)12-2/h4-6H,1-3H3,(H,12,13). The third kappa shape index (κ3) is 2.34. The molecule has 0 spiro atoms. The molecule has 0 heterocycles. The van der Waals surface area contributed by atoms with Gasteiger partial charge in [-0.25, -0.2) is 4.79 Å². The van der Waals surface area contributed by atoms with Crippen LogP contribution in [0.3, 0.4) is 0 Å². The summed E-state index contributed by atoms with van der Waals surface area (Å²) in [6, 6.07) is 4.82. The van der Waals surface area contributed by atoms with Crippen LogP contribution in [0.4, 0.5) is 0 Å². The summed E-state index contributed by atoms with van der Waals surface area (Å²) in [5, 5.41) is 2.53. The molecule has 0 fully saturated rings. The van der Waals surface area contributed by atoms with Crippen molar-refractivity contribution in [3.05, 3.63) is 34.9 Å². The molecule has 15 heavy (non-hydrogen) atoms. The van der Waals surface area contributed by atoms with Crippen LogP contribution in [-0.4, -0.2) is 26.0 Å². The van der Waals surface area contributed by atoms with Gasteiger partial charge in [-0.1, -0.05) is 0 Å². The number of benzene rings is 1. The molecule has 1 rings (SSSR count). The number of rotatable bonds is 2. The predicted molar refractivity (Wildman–Crippen MR) is 55.9 cm³/mol. The van der Waals surface area contributed by atoms with E-state index >= 15 is 0 Å². The van der Waals surface area contributed by atoms with E-state index < -0.39 is 5.97 Å². The van der Waals surface area contributed by atoms with Crippen LogP contribution in [0, 0.1) is 6.92 Å². The molecule has 0 bridgehead atoms. The van der Waals surface area contributed by atoms with E-state index in [4.69, 9.17) is 0 Å². The minimum absolute atomic E-state index is 0.163. The Balaban J connectivity index is 3.08. The number of esters is 1. The fourth-order valence-electron chi connectivity index (χ4n) is 1.30. The Morgan fingerprint density at radius 3 is 2.47 bits per heavy atom. The zero-order valence-electron chi connectivity index (χ0n) is 8.96. The Bertz CT molecular complexity index is 399. The van der Waals surface area contributed by atoms with Crippen LogP contribution in [0.15, 0.2) is 18.2 Å². The number of ether oxygens (including phenoxy) is 1. The molecule has 0 aliphatic heterocycles. The van der Waals surface area contributed by atoms with Gasteiger partial charge in [0.25, 0.3) is 5.91 Å². The SMILES string of the molecule is CNC(=O)c1ccc(C(=O)OC)cc1C. The lowest BCUT2D eigenvalue weighted by Crippen LogP contribution is -2.19. The van der Waals surface area contributed by atoms with E-state index in [1.807, 2.05) is 0 Å². The third-order valence-corrected chi connectivity index (χ3v) is 2.12. The Hall–Kier alpha value is -1.84. The molecule has 0 saturated carbocycles. The van der Waals surface area contributed by atoms with Crippen LogP contribution in [0.5, 0.6) is 0 Å². The van der Waals surface area contributed by atoms with E-state index in [2.05, 4.69) is 10.1 Å². The maximum atomic E-state index is 11.4. The summed E-state index contributed by atoms with van der Waals surface area (Å²) < 4.78 is 4.58. The largest absolute Gasteiger partial charge is 0.465 e. The van der Waals surface area contributed by atoms with Crippen molar-refractivity contribution in [1.82, 2.24) is 5.32 Å². The van der Waals surface area contributed by atoms with Crippen LogP contribution in [0.2, 0.25) is 0 Å². The Labute approximate surface area is 88.2 Å². The topological polar surface area (TPSA) is 55.4 Å². The molecule has 0 atom stereocenters. The highest BCUT2D eigenvalue weighted by molar-refractivity contribution is 5.97. The highest BCUT2D eigenvalue weighted by Crippen LogP contribution is 2.11. The molecule has 0 radical (unpaired) electrons. The molecule has 0 unspecified atom stereocenters. The van der Waals surface area contributed by atoms with Crippen LogP contribution in [-0.2, 0) is 4.74 Å². The second-order valence-electron chi connectivity index (χ2n) is 3.10. The van der Waals surface area contributed by atoms with Crippen LogP contribution in [0.25, 0.3) is 0 Å². The van der Waals surface area contributed by atoms with Gasteiger partial charge in [0.2, 0.25) is 0 Å². The van der Waals surface area contributed by atoms with Gasteiger partial charge in [-0.3, -0.25) is 4.79 Å². The Morgan fingerprint density at radius 1 is 1.33 bits per heavy atom. The van der Waals surface area contributed by atoms with E-state index in [1.54, 1.807) is 32.2 Å². The third-order valence-electron chi connectivity index (χ3n) is 2.12. The fraction of sp³-hybridized carbons (Fsp3) is 0.273. The van der Waals surface area contributed by atoms with E-state index in [9.17, 15) is 9.59 Å². The Kier molecular flexibility index (Phi) is 3.44. The van der Waals surface area contributed by atoms with Gasteiger partial charge in [-0.05, 0) is 30.7 Å². The molecular weight excluding hydrogens is 194 g/mol. The van der Waals surface area contributed by atoms with Crippen molar-refractivity contribution in [2.75, 3.05) is 14.2 Å². The molecule has 1 N–H and O–H groups in total. The van der Waals surface area contributed by atoms with Gasteiger partial charge in [-0.2, -0.15) is 0 Å². The molecule has 4 heteroatoms. The van der Waals surface area contributed by atoms with Crippen molar-refractivity contribution in [3.8, 4) is 0 Å². The van der Waals surface area contributed by atoms with Gasteiger partial charge in [0, 0.05) is 12.6 Å². The molecule has 0 aromatic heterocycles. The van der Waals surface area contributed by atoms with Crippen molar-refractivity contribution < 1.29 is 14.3 Å². The quantitative estimate of drug-likeness (QED) is 0.740. The molecule has 0 saturated heterocycles. The van der Waals surface area contributed by atoms with Crippen molar-refractivity contribution in [3.63, 3.8) is 0 Å². The smallest absolute Gasteiger partial charge is 0.337 e. The van der Waals surface area contributed by atoms with E-state index in [0.29, 0.717) is 11.1 Å². The number of hydrogen-bond acceptors (Lipinski definition) is 3. The highest BCUT2D eigenvalue weighted by atomic mass is 16.5. The van der Waals surface area contributed by atoms with Gasteiger partial charge in [0.1, 0.15) is 0 Å². The lowest BCUT2D eigenvalue weighted by atomic mass is 10.0. The first-order chi connectivity index (χ1) is 7.10. The molecule has 0 aliphatic carbocycles. The average molecular weight is 207 g/mol. The van der Waals surface area contributed by atoms with Crippen molar-refractivity contribution in [2.24, 2.45) is 0 Å². The van der Waals surface area contributed by atoms with Gasteiger partial charge >= 0.3 is 5.97 Å². The molecule has 80 valence electrons. The maximum absolute atomic E-state index is 11.4. The summed E-state index contributed by atoms with van der Waals surface area (Å²) in [5.41, 5.74) is 1.75. The van der Waals surface area contributed by atoms with Crippen LogP contribution < -0.4 is 5.32 Å². The average Bonchev–Trinajstić information content (AvgIpc) is 2.26. The van der Waals surface area contributed by atoms with Gasteiger partial charge in [0.05, 0.1) is 12.7 Å². The first-order valence-corrected chi connectivity index (χ1v) is 4.51. The zero-order chi connectivity index (χ0) is 11.4. The first-order valence-electron chi connectivity index (χ1n) is 4.51. The van der Waals surface area contributed by atoms with E-state index in [-0.39, 0.29) is 5.91 Å². The monoisotopic (exact) mass is 207 g/mol. The number of methoxy groups -OCH3 is 1. The second-order valence-corrected chi connectivity index (χ2v) is 3.10. The summed E-state index contributed by atoms with van der Waals surface area (Å²) >= 11 is 0. The number of aryl methyl sites for hydroxylation is 1. The predicted octanol–water partition coefficient (Wildman–Crippen LogP) is 1.14. The lowest BCUT2D eigenvalue weighted by molar-refractivity contribution is 0.0600. The number of carbonyl (C=O) groups excluding carboxylic acids is 2. The number of carbonyl (C=O) groups is 2. The van der Waals surface area contributed by atoms with Gasteiger partial charge < -0.3 is 10.1 Å². The number of hydrogen-bond donors (Lipinski definition) is 1. The molecule has 4 nitrogen and oxygen atoms in total. The van der Waals surface area contributed by atoms with Crippen molar-refractivity contribution >= 4 is 11.9 Å². The summed E-state index contributed by atoms with van der Waals surface area (Å²) in [6.07, 6.45) is 0. The molecular formula is C11H13NO3. The van der Waals surface area contributed by atoms with Gasteiger partial charge in [-0.15, -0.1) is 0 Å². The summed E-state index contributed by atoms with van der Waals surface area (Å²) in [4.78, 5) is 22.6. The second kappa shape index (κ2) is 4.59. The molecule has 1 aromatic rings. The summed E-state index contributed by atoms with van der Waals surface area (Å²) in [6.45, 7) is 1.77. The van der Waals surface area contributed by atoms with E-state index in [1.165, 1.54) is 7.11 Å². The molecule has 1 aromatic carbocycles. The van der Waals surface area contributed by atoms with Crippen LogP contribution in [0.1, 0.15) is 26.3 Å². The van der Waals surface area contributed by atoms with Crippen molar-refractivity contribution in [1.29, 1.82) is 0 Å². The van der Waals surface area contributed by atoms with Crippen LogP contribution >= 0.6 is 0 Å². The number of amides is 1. The fourth-order valence-corrected chi connectivity index (χ4v) is 1.30. The first kappa shape index (κ1) is 11.2. The molecule has 1 amide bonds. The number of nitrogens with one attached hydrogen (secondary N) is 1. The zero-order valence-corrected chi connectivity index (χ0v) is 8.96.